The number of unbranched alkanes of at least 4 members (excludes halogenated alkanes) is 23. The highest BCUT2D eigenvalue weighted by atomic mass is 16.5. The van der Waals surface area contributed by atoms with E-state index in [4.69, 9.17) is 4.74 Å². The number of carbonyl (C=O) groups excluding carboxylic acids is 1. The lowest BCUT2D eigenvalue weighted by atomic mass is 10.0. The van der Waals surface area contributed by atoms with Gasteiger partial charge in [0.15, 0.2) is 0 Å². The number of allylic oxidation sites excluding steroid dienone is 6. The summed E-state index contributed by atoms with van der Waals surface area (Å²) in [4.78, 5) is 12.0. The second-order valence-electron chi connectivity index (χ2n) is 13.7. The Hall–Kier alpha value is -1.31. The zero-order valence-corrected chi connectivity index (χ0v) is 30.3. The van der Waals surface area contributed by atoms with E-state index in [2.05, 4.69) is 57.2 Å². The average Bonchev–Trinajstić information content (AvgIpc) is 3.01. The maximum atomic E-state index is 12.0. The highest BCUT2D eigenvalue weighted by molar-refractivity contribution is 5.69. The Kier molecular flexibility index (Phi) is 36.7. The van der Waals surface area contributed by atoms with Crippen LogP contribution in [-0.4, -0.2) is 12.6 Å². The molecule has 0 unspecified atom stereocenters. The van der Waals surface area contributed by atoms with Gasteiger partial charge >= 0.3 is 5.97 Å². The highest BCUT2D eigenvalue weighted by Gasteiger charge is 2.02. The molecular weight excluding hydrogens is 536 g/mol. The normalized spacial score (nSPS) is 12.1. The summed E-state index contributed by atoms with van der Waals surface area (Å²) in [5.74, 6) is 0.889. The van der Waals surface area contributed by atoms with Crippen LogP contribution < -0.4 is 0 Å². The Labute approximate surface area is 277 Å². The Balaban J connectivity index is 3.21. The van der Waals surface area contributed by atoms with Gasteiger partial charge in [-0.3, -0.25) is 4.79 Å². The lowest BCUT2D eigenvalue weighted by molar-refractivity contribution is -0.143. The van der Waals surface area contributed by atoms with Gasteiger partial charge in [0.1, 0.15) is 0 Å². The fraction of sp³-hybridized carbons (Fsp3) is 0.833. The van der Waals surface area contributed by atoms with Gasteiger partial charge in [-0.2, -0.15) is 0 Å². The van der Waals surface area contributed by atoms with Gasteiger partial charge in [-0.25, -0.2) is 0 Å². The third-order valence-electron chi connectivity index (χ3n) is 8.72. The maximum absolute atomic E-state index is 12.0. The number of carbonyl (C=O) groups is 1. The molecule has 0 amide bonds. The first-order valence-electron chi connectivity index (χ1n) is 19.8. The van der Waals surface area contributed by atoms with Crippen molar-refractivity contribution in [2.75, 3.05) is 6.61 Å². The van der Waals surface area contributed by atoms with Gasteiger partial charge in [0.2, 0.25) is 0 Å². The Morgan fingerprint density at radius 2 is 0.864 bits per heavy atom. The summed E-state index contributed by atoms with van der Waals surface area (Å²) in [5, 5.41) is 0. The van der Waals surface area contributed by atoms with Gasteiger partial charge in [-0.05, 0) is 50.9 Å². The summed E-state index contributed by atoms with van der Waals surface area (Å²) in [7, 11) is 0. The molecule has 2 heteroatoms. The van der Waals surface area contributed by atoms with Gasteiger partial charge in [0, 0.05) is 6.42 Å². The van der Waals surface area contributed by atoms with E-state index in [0.29, 0.717) is 13.0 Å². The average molecular weight is 615 g/mol. The first kappa shape index (κ1) is 42.7. The van der Waals surface area contributed by atoms with Crippen LogP contribution in [0.1, 0.15) is 213 Å². The topological polar surface area (TPSA) is 26.3 Å². The minimum absolute atomic E-state index is 0.00840. The molecule has 0 fully saturated rings. The summed E-state index contributed by atoms with van der Waals surface area (Å²) in [6.45, 7) is 7.47. The summed E-state index contributed by atoms with van der Waals surface area (Å²) >= 11 is 0. The van der Waals surface area contributed by atoms with Crippen LogP contribution in [-0.2, 0) is 9.53 Å². The van der Waals surface area contributed by atoms with E-state index in [1.54, 1.807) is 0 Å². The van der Waals surface area contributed by atoms with Crippen molar-refractivity contribution in [2.45, 2.75) is 213 Å². The molecule has 0 aromatic rings. The van der Waals surface area contributed by atoms with Crippen LogP contribution >= 0.6 is 0 Å². The molecule has 0 aliphatic rings. The molecule has 0 bridgehead atoms. The molecule has 0 atom stereocenters. The molecule has 0 saturated carbocycles. The van der Waals surface area contributed by atoms with Gasteiger partial charge in [0.05, 0.1) is 6.61 Å². The number of esters is 1. The van der Waals surface area contributed by atoms with Gasteiger partial charge in [-0.15, -0.1) is 0 Å². The van der Waals surface area contributed by atoms with Crippen molar-refractivity contribution in [1.82, 2.24) is 0 Å². The second-order valence-corrected chi connectivity index (χ2v) is 13.7. The van der Waals surface area contributed by atoms with Crippen molar-refractivity contribution in [1.29, 1.82) is 0 Å². The number of ether oxygens (including phenoxy) is 1. The predicted octanol–water partition coefficient (Wildman–Crippen LogP) is 14.6. The molecule has 0 radical (unpaired) electrons. The van der Waals surface area contributed by atoms with E-state index in [1.165, 1.54) is 148 Å². The molecule has 0 aromatic carbocycles. The van der Waals surface area contributed by atoms with E-state index < -0.39 is 0 Å². The molecule has 0 N–H and O–H groups in total. The van der Waals surface area contributed by atoms with E-state index >= 15 is 0 Å². The third-order valence-corrected chi connectivity index (χ3v) is 8.72. The van der Waals surface area contributed by atoms with Crippen molar-refractivity contribution in [3.05, 3.63) is 36.5 Å². The van der Waals surface area contributed by atoms with Crippen LogP contribution in [0.2, 0.25) is 0 Å². The Bertz CT molecular complexity index is 644. The zero-order chi connectivity index (χ0) is 32.0. The minimum atomic E-state index is 0.00840. The smallest absolute Gasteiger partial charge is 0.305 e. The molecule has 0 aliphatic carbocycles. The fourth-order valence-corrected chi connectivity index (χ4v) is 5.81. The molecule has 0 aromatic heterocycles. The van der Waals surface area contributed by atoms with Crippen LogP contribution in [0.25, 0.3) is 0 Å². The molecule has 0 heterocycles. The quantitative estimate of drug-likeness (QED) is 0.0403. The molecular formula is C42H78O2. The monoisotopic (exact) mass is 615 g/mol. The van der Waals surface area contributed by atoms with Crippen molar-refractivity contribution >= 4 is 5.97 Å². The van der Waals surface area contributed by atoms with Crippen molar-refractivity contribution in [3.8, 4) is 0 Å². The van der Waals surface area contributed by atoms with Crippen LogP contribution in [0.3, 0.4) is 0 Å². The summed E-state index contributed by atoms with van der Waals surface area (Å²) < 4.78 is 5.45. The lowest BCUT2D eigenvalue weighted by Gasteiger charge is -2.06. The Morgan fingerprint density at radius 1 is 0.477 bits per heavy atom. The van der Waals surface area contributed by atoms with Crippen LogP contribution in [0.5, 0.6) is 0 Å². The first-order chi connectivity index (χ1) is 21.7. The number of hydrogen-bond donors (Lipinski definition) is 0. The number of hydrogen-bond acceptors (Lipinski definition) is 2. The summed E-state index contributed by atoms with van der Waals surface area (Å²) in [5.41, 5.74) is 0. The molecule has 44 heavy (non-hydrogen) atoms. The minimum Gasteiger partial charge on any atom is -0.466 e. The van der Waals surface area contributed by atoms with E-state index in [9.17, 15) is 4.79 Å². The van der Waals surface area contributed by atoms with Gasteiger partial charge < -0.3 is 4.74 Å². The maximum Gasteiger partial charge on any atom is 0.305 e. The van der Waals surface area contributed by atoms with Crippen molar-refractivity contribution < 1.29 is 9.53 Å². The third kappa shape index (κ3) is 38.7. The molecule has 0 aliphatic heterocycles. The lowest BCUT2D eigenvalue weighted by Crippen LogP contribution is -2.05. The zero-order valence-electron chi connectivity index (χ0n) is 30.3. The van der Waals surface area contributed by atoms with E-state index in [-0.39, 0.29) is 5.97 Å². The van der Waals surface area contributed by atoms with Crippen molar-refractivity contribution in [3.63, 3.8) is 0 Å². The number of rotatable bonds is 35. The van der Waals surface area contributed by atoms with Gasteiger partial charge in [-0.1, -0.05) is 198 Å². The summed E-state index contributed by atoms with van der Waals surface area (Å²) in [6.07, 6.45) is 52.2. The molecule has 258 valence electrons. The largest absolute Gasteiger partial charge is 0.466 e. The molecule has 0 saturated heterocycles. The van der Waals surface area contributed by atoms with Crippen LogP contribution in [0.4, 0.5) is 0 Å². The fourth-order valence-electron chi connectivity index (χ4n) is 5.81. The van der Waals surface area contributed by atoms with Crippen LogP contribution in [0, 0.1) is 5.92 Å². The second kappa shape index (κ2) is 37.9. The highest BCUT2D eigenvalue weighted by Crippen LogP contribution is 2.16. The predicted molar refractivity (Wildman–Crippen MR) is 197 cm³/mol. The SMILES string of the molecule is CC/C=C\C/C=C\C/C=C\CCCCCCCC(=O)OCCCCCCCCCCCCCCCCCCCCCC(C)C. The Morgan fingerprint density at radius 3 is 1.34 bits per heavy atom. The first-order valence-corrected chi connectivity index (χ1v) is 19.8. The molecule has 2 nitrogen and oxygen atoms in total. The van der Waals surface area contributed by atoms with Gasteiger partial charge in [0.25, 0.3) is 0 Å². The van der Waals surface area contributed by atoms with E-state index in [0.717, 1.165) is 44.4 Å². The molecule has 0 spiro atoms. The molecule has 0 rings (SSSR count). The van der Waals surface area contributed by atoms with Crippen molar-refractivity contribution in [2.24, 2.45) is 5.92 Å². The van der Waals surface area contributed by atoms with Crippen LogP contribution in [0.15, 0.2) is 36.5 Å². The van der Waals surface area contributed by atoms with E-state index in [1.807, 2.05) is 0 Å². The standard InChI is InChI=1S/C42H78O2/c1-4-5-6-7-8-9-10-11-17-21-24-27-30-33-36-39-42(43)44-40-37-34-31-28-25-22-19-16-14-12-13-15-18-20-23-26-29-32-35-38-41(2)3/h5-6,8-9,11,17,41H,4,7,10,12-16,18-40H2,1-3H3/b6-5-,9-8-,17-11-. The summed E-state index contributed by atoms with van der Waals surface area (Å²) in [6, 6.07) is 0.